The van der Waals surface area contributed by atoms with Gasteiger partial charge in [0.1, 0.15) is 5.82 Å². The van der Waals surface area contributed by atoms with Gasteiger partial charge in [0.05, 0.1) is 24.2 Å². The molecule has 9 heteroatoms. The Hall–Kier alpha value is -0.776. The van der Waals surface area contributed by atoms with Crippen molar-refractivity contribution in [2.75, 3.05) is 19.8 Å². The Balaban J connectivity index is 2.83. The van der Waals surface area contributed by atoms with Crippen LogP contribution in [0.25, 0.3) is 0 Å². The topological polar surface area (TPSA) is 59.6 Å². The predicted molar refractivity (Wildman–Crippen MR) is 146 cm³/mol. The van der Waals surface area contributed by atoms with Crippen LogP contribution in [0.5, 0.6) is 0 Å². The number of nitrogens with one attached hydrogen (secondary N) is 2. The lowest BCUT2D eigenvalue weighted by Gasteiger charge is -2.37. The second-order valence-corrected chi connectivity index (χ2v) is 22.2. The molecule has 0 spiro atoms. The number of carbonyl (C=O) groups is 1. The maximum atomic E-state index is 14.8. The van der Waals surface area contributed by atoms with Crippen LogP contribution in [0, 0.1) is 5.82 Å². The van der Waals surface area contributed by atoms with Gasteiger partial charge in [0.25, 0.3) is 0 Å². The van der Waals surface area contributed by atoms with Crippen LogP contribution in [0.2, 0.25) is 41.3 Å². The maximum Gasteiger partial charge on any atom is 0.234 e. The molecule has 34 heavy (non-hydrogen) atoms. The second kappa shape index (κ2) is 12.0. The first-order valence-electron chi connectivity index (χ1n) is 12.0. The minimum Gasteiger partial charge on any atom is -0.415 e. The Morgan fingerprint density at radius 3 is 2.00 bits per heavy atom. The monoisotopic (exact) mass is 532 g/mol. The van der Waals surface area contributed by atoms with E-state index in [2.05, 4.69) is 78.4 Å². The molecule has 0 heterocycles. The Kier molecular flexibility index (Phi) is 11.0. The molecule has 0 fully saturated rings. The summed E-state index contributed by atoms with van der Waals surface area (Å²) in [6, 6.07) is 4.19. The van der Waals surface area contributed by atoms with E-state index in [9.17, 15) is 9.18 Å². The normalized spacial score (nSPS) is 15.2. The van der Waals surface area contributed by atoms with Gasteiger partial charge in [-0.25, -0.2) is 4.39 Å². The van der Waals surface area contributed by atoms with Crippen molar-refractivity contribution in [1.82, 2.24) is 10.6 Å². The van der Waals surface area contributed by atoms with E-state index in [-0.39, 0.29) is 40.2 Å². The van der Waals surface area contributed by atoms with Crippen LogP contribution in [0.15, 0.2) is 18.2 Å². The van der Waals surface area contributed by atoms with Crippen molar-refractivity contribution in [3.05, 3.63) is 34.6 Å². The molecule has 196 valence electrons. The molecule has 0 aliphatic heterocycles. The summed E-state index contributed by atoms with van der Waals surface area (Å²) in [5, 5.41) is 6.31. The van der Waals surface area contributed by atoms with E-state index in [1.165, 1.54) is 6.07 Å². The lowest BCUT2D eigenvalue weighted by Crippen LogP contribution is -2.47. The van der Waals surface area contributed by atoms with Crippen LogP contribution in [-0.4, -0.2) is 48.3 Å². The standard InChI is InChI=1S/C25H46ClFN2O3Si2/c1-18(16-31-33(8,9)24(2,3)4)28-15-22(30)29-21(17-32-34(10,11)25(5,6)7)19-13-12-14-20(26)23(19)27/h12-14,18,21,28H,15-17H2,1-11H3,(H,29,30)/t18-,21+/m1/s1. The molecule has 0 radical (unpaired) electrons. The van der Waals surface area contributed by atoms with Gasteiger partial charge in [0, 0.05) is 18.2 Å². The molecular formula is C25H46ClFN2O3Si2. The number of amides is 1. The van der Waals surface area contributed by atoms with Gasteiger partial charge < -0.3 is 19.5 Å². The first-order valence-corrected chi connectivity index (χ1v) is 18.2. The fourth-order valence-electron chi connectivity index (χ4n) is 2.63. The number of hydrogen-bond acceptors (Lipinski definition) is 4. The summed E-state index contributed by atoms with van der Waals surface area (Å²) in [5.41, 5.74) is 0.328. The molecule has 1 aromatic rings. The smallest absolute Gasteiger partial charge is 0.234 e. The van der Waals surface area contributed by atoms with Crippen LogP contribution >= 0.6 is 11.6 Å². The average Bonchev–Trinajstić information content (AvgIpc) is 2.68. The Morgan fingerprint density at radius 1 is 1.00 bits per heavy atom. The molecule has 0 aliphatic rings. The van der Waals surface area contributed by atoms with Gasteiger partial charge in [-0.1, -0.05) is 65.3 Å². The lowest BCUT2D eigenvalue weighted by molar-refractivity contribution is -0.121. The van der Waals surface area contributed by atoms with Crippen molar-refractivity contribution >= 4 is 34.1 Å². The van der Waals surface area contributed by atoms with Crippen LogP contribution < -0.4 is 10.6 Å². The quantitative estimate of drug-likeness (QED) is 0.313. The van der Waals surface area contributed by atoms with Crippen LogP contribution in [-0.2, 0) is 13.6 Å². The first-order chi connectivity index (χ1) is 15.3. The van der Waals surface area contributed by atoms with E-state index in [0.717, 1.165) is 0 Å². The highest BCUT2D eigenvalue weighted by Gasteiger charge is 2.38. The summed E-state index contributed by atoms with van der Waals surface area (Å²) in [6.45, 7) is 24.5. The fraction of sp³-hybridized carbons (Fsp3) is 0.720. The van der Waals surface area contributed by atoms with Gasteiger partial charge in [-0.05, 0) is 49.3 Å². The third kappa shape index (κ3) is 9.02. The minimum atomic E-state index is -2.10. The Morgan fingerprint density at radius 2 is 1.50 bits per heavy atom. The molecule has 1 amide bonds. The van der Waals surface area contributed by atoms with Crippen molar-refractivity contribution in [3.63, 3.8) is 0 Å². The second-order valence-electron chi connectivity index (χ2n) is 12.2. The molecule has 0 bridgehead atoms. The van der Waals surface area contributed by atoms with Crippen LogP contribution in [0.3, 0.4) is 0 Å². The molecule has 1 rings (SSSR count). The fourth-order valence-corrected chi connectivity index (χ4v) is 4.93. The third-order valence-electron chi connectivity index (χ3n) is 7.22. The summed E-state index contributed by atoms with van der Waals surface area (Å²) in [4.78, 5) is 12.8. The maximum absolute atomic E-state index is 14.8. The van der Waals surface area contributed by atoms with E-state index >= 15 is 0 Å². The lowest BCUT2D eigenvalue weighted by atomic mass is 10.1. The number of rotatable bonds is 11. The van der Waals surface area contributed by atoms with Crippen LogP contribution in [0.4, 0.5) is 4.39 Å². The highest BCUT2D eigenvalue weighted by atomic mass is 35.5. The van der Waals surface area contributed by atoms with Gasteiger partial charge in [-0.2, -0.15) is 0 Å². The Labute approximate surface area is 213 Å². The number of halogens is 2. The minimum absolute atomic E-state index is 0.00436. The molecule has 0 aromatic heterocycles. The van der Waals surface area contributed by atoms with Gasteiger partial charge >= 0.3 is 0 Å². The summed E-state index contributed by atoms with van der Waals surface area (Å²) >= 11 is 6.02. The predicted octanol–water partition coefficient (Wildman–Crippen LogP) is 6.66. The van der Waals surface area contributed by atoms with Crippen molar-refractivity contribution in [2.24, 2.45) is 0 Å². The van der Waals surface area contributed by atoms with Gasteiger partial charge in [-0.15, -0.1) is 0 Å². The van der Waals surface area contributed by atoms with Crippen LogP contribution in [0.1, 0.15) is 60.1 Å². The highest BCUT2D eigenvalue weighted by Crippen LogP contribution is 2.38. The van der Waals surface area contributed by atoms with E-state index in [1.807, 2.05) is 6.92 Å². The molecule has 0 unspecified atom stereocenters. The number of hydrogen-bond donors (Lipinski definition) is 2. The van der Waals surface area contributed by atoms with Crippen molar-refractivity contribution in [3.8, 4) is 0 Å². The molecule has 0 saturated carbocycles. The molecular weight excluding hydrogens is 487 g/mol. The summed E-state index contributed by atoms with van der Waals surface area (Å²) < 4.78 is 27.4. The number of carbonyl (C=O) groups excluding carboxylic acids is 1. The summed E-state index contributed by atoms with van der Waals surface area (Å²) in [6.07, 6.45) is 0. The molecule has 1 aromatic carbocycles. The van der Waals surface area contributed by atoms with E-state index in [1.54, 1.807) is 12.1 Å². The molecule has 0 aliphatic carbocycles. The van der Waals surface area contributed by atoms with Gasteiger partial charge in [0.15, 0.2) is 16.6 Å². The molecule has 2 atom stereocenters. The molecule has 5 nitrogen and oxygen atoms in total. The zero-order chi connectivity index (χ0) is 26.5. The Bertz CT molecular complexity index is 823. The van der Waals surface area contributed by atoms with Gasteiger partial charge in [0.2, 0.25) is 5.91 Å². The average molecular weight is 533 g/mol. The summed E-state index contributed by atoms with van der Waals surface area (Å²) in [5.74, 6) is -0.764. The van der Waals surface area contributed by atoms with Crippen molar-refractivity contribution < 1.29 is 18.0 Å². The SMILES string of the molecule is C[C@H](CO[Si](C)(C)C(C)(C)C)NCC(=O)N[C@@H](CO[Si](C)(C)C(C)(C)C)c1cccc(Cl)c1F. The van der Waals surface area contributed by atoms with E-state index in [4.69, 9.17) is 20.5 Å². The zero-order valence-electron chi connectivity index (χ0n) is 23.0. The third-order valence-corrected chi connectivity index (χ3v) is 16.5. The van der Waals surface area contributed by atoms with E-state index in [0.29, 0.717) is 12.2 Å². The first kappa shape index (κ1) is 31.3. The van der Waals surface area contributed by atoms with E-state index < -0.39 is 28.5 Å². The summed E-state index contributed by atoms with van der Waals surface area (Å²) in [7, 11) is -3.96. The molecule has 0 saturated heterocycles. The molecule has 2 N–H and O–H groups in total. The largest absolute Gasteiger partial charge is 0.415 e. The highest BCUT2D eigenvalue weighted by molar-refractivity contribution is 6.74. The van der Waals surface area contributed by atoms with Gasteiger partial charge in [-0.3, -0.25) is 4.79 Å². The van der Waals surface area contributed by atoms with Crippen molar-refractivity contribution in [1.29, 1.82) is 0 Å². The number of benzene rings is 1. The zero-order valence-corrected chi connectivity index (χ0v) is 25.7. The van der Waals surface area contributed by atoms with Crippen molar-refractivity contribution in [2.45, 2.75) is 96.8 Å².